The van der Waals surface area contributed by atoms with E-state index in [0.717, 1.165) is 0 Å². The summed E-state index contributed by atoms with van der Waals surface area (Å²) in [6.07, 6.45) is -10.6. The topological polar surface area (TPSA) is 86.3 Å². The zero-order valence-corrected chi connectivity index (χ0v) is 18.5. The number of carbonyl (C=O) groups is 1. The van der Waals surface area contributed by atoms with Crippen LogP contribution in [-0.4, -0.2) is 94.1 Å². The highest BCUT2D eigenvalue weighted by atomic mass is 32.2. The van der Waals surface area contributed by atoms with Crippen LogP contribution in [0.15, 0.2) is 0 Å². The van der Waals surface area contributed by atoms with E-state index >= 15 is 0 Å². The summed E-state index contributed by atoms with van der Waals surface area (Å²) in [5, 5.41) is 10.5. The van der Waals surface area contributed by atoms with Gasteiger partial charge in [0.2, 0.25) is 10.0 Å². The van der Waals surface area contributed by atoms with Gasteiger partial charge in [-0.25, -0.2) is 13.1 Å². The summed E-state index contributed by atoms with van der Waals surface area (Å²) in [7, 11) is -2.28. The van der Waals surface area contributed by atoms with Crippen molar-refractivity contribution in [3.63, 3.8) is 0 Å². The standard InChI is InChI=1S/C15H19F13N2O4S/c1-30(2,8-9(31)32)6-3-5-29-35(33,34)7-4-10(16,17)11(18,19)12(20,21)13(22,23)14(24,25)15(26,27)28/h29H,3-8H2,1-2H3. The number of carboxylic acids is 1. The van der Waals surface area contributed by atoms with Gasteiger partial charge in [0.05, 0.1) is 32.4 Å². The van der Waals surface area contributed by atoms with Crippen molar-refractivity contribution in [2.24, 2.45) is 0 Å². The van der Waals surface area contributed by atoms with Crippen molar-refractivity contribution < 1.29 is 79.9 Å². The van der Waals surface area contributed by atoms with Gasteiger partial charge in [-0.1, -0.05) is 0 Å². The van der Waals surface area contributed by atoms with Crippen molar-refractivity contribution in [1.82, 2.24) is 4.72 Å². The summed E-state index contributed by atoms with van der Waals surface area (Å²) in [5.74, 6) is -41.6. The number of likely N-dealkylation sites (N-methyl/N-ethyl adjacent to an activating group) is 1. The first kappa shape index (κ1) is 33.4. The molecule has 0 spiro atoms. The first-order chi connectivity index (χ1) is 15.1. The Morgan fingerprint density at radius 3 is 1.63 bits per heavy atom. The van der Waals surface area contributed by atoms with Crippen LogP contribution in [0.1, 0.15) is 12.8 Å². The molecule has 0 heterocycles. The lowest BCUT2D eigenvalue weighted by Gasteiger charge is -2.39. The Labute approximate surface area is 189 Å². The van der Waals surface area contributed by atoms with Crippen molar-refractivity contribution in [1.29, 1.82) is 0 Å². The molecule has 0 saturated heterocycles. The van der Waals surface area contributed by atoms with Crippen LogP contribution in [0.5, 0.6) is 0 Å². The third-order valence-corrected chi connectivity index (χ3v) is 5.89. The first-order valence-electron chi connectivity index (χ1n) is 9.03. The number of hydrogen-bond donors (Lipinski definition) is 1. The summed E-state index contributed by atoms with van der Waals surface area (Å²) < 4.78 is 194. The predicted molar refractivity (Wildman–Crippen MR) is 88.7 cm³/mol. The van der Waals surface area contributed by atoms with Crippen LogP contribution in [0.3, 0.4) is 0 Å². The van der Waals surface area contributed by atoms with E-state index in [1.165, 1.54) is 18.8 Å². The molecule has 0 atom stereocenters. The number of hydrogen-bond acceptors (Lipinski definition) is 4. The molecular weight excluding hydrogens is 551 g/mol. The highest BCUT2D eigenvalue weighted by Gasteiger charge is 2.90. The molecule has 0 unspecified atom stereocenters. The molecule has 35 heavy (non-hydrogen) atoms. The Morgan fingerprint density at radius 2 is 1.23 bits per heavy atom. The van der Waals surface area contributed by atoms with Gasteiger partial charge in [-0.2, -0.15) is 57.1 Å². The van der Waals surface area contributed by atoms with Crippen LogP contribution in [0.25, 0.3) is 0 Å². The van der Waals surface area contributed by atoms with Gasteiger partial charge in [-0.3, -0.25) is 0 Å². The summed E-state index contributed by atoms with van der Waals surface area (Å²) in [6, 6.07) is 0. The molecule has 0 rings (SSSR count). The summed E-state index contributed by atoms with van der Waals surface area (Å²) in [6.45, 7) is -1.20. The fourth-order valence-corrected chi connectivity index (χ4v) is 3.58. The highest BCUT2D eigenvalue weighted by Crippen LogP contribution is 2.60. The van der Waals surface area contributed by atoms with E-state index in [4.69, 9.17) is 0 Å². The molecule has 0 aromatic heterocycles. The fraction of sp³-hybridized carbons (Fsp3) is 0.933. The van der Waals surface area contributed by atoms with Crippen LogP contribution < -0.4 is 9.83 Å². The average molecular weight is 570 g/mol. The minimum atomic E-state index is -8.06. The number of quaternary nitrogens is 1. The maximum atomic E-state index is 13.7. The molecule has 0 amide bonds. The predicted octanol–water partition coefficient (Wildman–Crippen LogP) is 2.25. The van der Waals surface area contributed by atoms with Gasteiger partial charge < -0.3 is 14.4 Å². The van der Waals surface area contributed by atoms with E-state index in [2.05, 4.69) is 0 Å². The quantitative estimate of drug-likeness (QED) is 0.197. The zero-order valence-electron chi connectivity index (χ0n) is 17.6. The Kier molecular flexibility index (Phi) is 9.61. The largest absolute Gasteiger partial charge is 0.544 e. The zero-order chi connectivity index (χ0) is 28.5. The van der Waals surface area contributed by atoms with Crippen molar-refractivity contribution >= 4 is 16.0 Å². The number of aliphatic carboxylic acids is 1. The van der Waals surface area contributed by atoms with Crippen molar-refractivity contribution in [2.45, 2.75) is 48.6 Å². The summed E-state index contributed by atoms with van der Waals surface area (Å²) in [5.41, 5.74) is 0. The molecule has 0 aromatic rings. The molecular formula is C15H19F13N2O4S. The molecule has 20 heteroatoms. The molecule has 6 nitrogen and oxygen atoms in total. The number of sulfonamides is 1. The minimum Gasteiger partial charge on any atom is -0.544 e. The summed E-state index contributed by atoms with van der Waals surface area (Å²) >= 11 is 0. The van der Waals surface area contributed by atoms with Crippen molar-refractivity contribution in [2.75, 3.05) is 39.5 Å². The van der Waals surface area contributed by atoms with Crippen LogP contribution >= 0.6 is 0 Å². The van der Waals surface area contributed by atoms with Gasteiger partial charge in [0.25, 0.3) is 0 Å². The SMILES string of the molecule is C[N+](C)(CCCNS(=O)(=O)CCC(F)(F)C(F)(F)C(F)(F)C(F)(F)C(F)(F)C(F)(F)F)CC(=O)[O-]. The number of carbonyl (C=O) groups excluding carboxylic acids is 1. The Bertz CT molecular complexity index is 857. The maximum absolute atomic E-state index is 13.7. The van der Waals surface area contributed by atoms with E-state index in [9.17, 15) is 75.4 Å². The molecule has 1 N–H and O–H groups in total. The first-order valence-corrected chi connectivity index (χ1v) is 10.7. The second-order valence-electron chi connectivity index (χ2n) is 8.01. The number of halogens is 13. The van der Waals surface area contributed by atoms with Crippen LogP contribution in [0.2, 0.25) is 0 Å². The van der Waals surface area contributed by atoms with E-state index in [-0.39, 0.29) is 17.4 Å². The van der Waals surface area contributed by atoms with Crippen LogP contribution in [0.4, 0.5) is 57.1 Å². The average Bonchev–Trinajstić information content (AvgIpc) is 2.61. The highest BCUT2D eigenvalue weighted by molar-refractivity contribution is 7.89. The Morgan fingerprint density at radius 1 is 0.800 bits per heavy atom. The smallest absolute Gasteiger partial charge is 0.460 e. The van der Waals surface area contributed by atoms with Crippen molar-refractivity contribution in [3.8, 4) is 0 Å². The minimum absolute atomic E-state index is 0.0561. The van der Waals surface area contributed by atoms with E-state index in [1.807, 2.05) is 0 Å². The van der Waals surface area contributed by atoms with Crippen molar-refractivity contribution in [3.05, 3.63) is 0 Å². The molecule has 0 aliphatic carbocycles. The molecule has 0 saturated carbocycles. The number of carboxylic acid groups (broad SMARTS) is 1. The van der Waals surface area contributed by atoms with E-state index in [0.29, 0.717) is 0 Å². The number of rotatable bonds is 14. The van der Waals surface area contributed by atoms with Gasteiger partial charge in [0.1, 0.15) is 6.54 Å². The number of nitrogens with zero attached hydrogens (tertiary/aromatic N) is 1. The molecule has 0 aromatic carbocycles. The Hall–Kier alpha value is -1.57. The number of alkyl halides is 13. The molecule has 210 valence electrons. The number of nitrogens with one attached hydrogen (secondary N) is 1. The van der Waals surface area contributed by atoms with Gasteiger partial charge in [0, 0.05) is 19.4 Å². The van der Waals surface area contributed by atoms with Gasteiger partial charge in [0.15, 0.2) is 0 Å². The fourth-order valence-electron chi connectivity index (χ4n) is 2.46. The monoisotopic (exact) mass is 570 g/mol. The third kappa shape index (κ3) is 7.23. The summed E-state index contributed by atoms with van der Waals surface area (Å²) in [4.78, 5) is 10.5. The lowest BCUT2D eigenvalue weighted by molar-refractivity contribution is -0.884. The molecule has 0 fully saturated rings. The second-order valence-corrected chi connectivity index (χ2v) is 9.93. The lowest BCUT2D eigenvalue weighted by atomic mass is 9.93. The maximum Gasteiger partial charge on any atom is 0.460 e. The lowest BCUT2D eigenvalue weighted by Crippen LogP contribution is -2.70. The molecule has 0 radical (unpaired) electrons. The third-order valence-electron chi connectivity index (χ3n) is 4.50. The van der Waals surface area contributed by atoms with Crippen LogP contribution in [0, 0.1) is 0 Å². The van der Waals surface area contributed by atoms with Gasteiger partial charge in [-0.05, 0) is 0 Å². The van der Waals surface area contributed by atoms with Gasteiger partial charge >= 0.3 is 35.8 Å². The second kappa shape index (κ2) is 10.1. The molecule has 0 bridgehead atoms. The molecule has 0 aliphatic heterocycles. The molecule has 0 aliphatic rings. The van der Waals surface area contributed by atoms with E-state index in [1.54, 1.807) is 0 Å². The van der Waals surface area contributed by atoms with Gasteiger partial charge in [-0.15, -0.1) is 0 Å². The normalized spacial score (nSPS) is 15.4. The van der Waals surface area contributed by atoms with Crippen LogP contribution in [-0.2, 0) is 14.8 Å². The Balaban J connectivity index is 5.46. The van der Waals surface area contributed by atoms with E-state index < -0.39 is 77.0 Å².